The molecule has 4 nitrogen and oxygen atoms in total. The third kappa shape index (κ3) is 2.99. The topological polar surface area (TPSA) is 61.0 Å². The molecular formula is C13H17N3O. The zero-order chi connectivity index (χ0) is 12.1. The van der Waals surface area contributed by atoms with E-state index in [2.05, 4.69) is 16.9 Å². The van der Waals surface area contributed by atoms with Crippen molar-refractivity contribution in [2.75, 3.05) is 13.2 Å². The Kier molecular flexibility index (Phi) is 4.01. The molecule has 2 N–H and O–H groups in total. The van der Waals surface area contributed by atoms with Gasteiger partial charge in [-0.15, -0.1) is 0 Å². The molecule has 2 aromatic rings. The van der Waals surface area contributed by atoms with Gasteiger partial charge in [-0.3, -0.25) is 4.98 Å². The van der Waals surface area contributed by atoms with Gasteiger partial charge in [0.25, 0.3) is 0 Å². The lowest BCUT2D eigenvalue weighted by atomic mass is 10.2. The van der Waals surface area contributed by atoms with Crippen molar-refractivity contribution in [2.24, 2.45) is 5.73 Å². The summed E-state index contributed by atoms with van der Waals surface area (Å²) in [7, 11) is 0. The Balaban J connectivity index is 2.12. The minimum atomic E-state index is -0.210. The normalized spacial score (nSPS) is 12.8. The van der Waals surface area contributed by atoms with Crippen LogP contribution in [0.25, 0.3) is 11.0 Å². The van der Waals surface area contributed by atoms with Gasteiger partial charge in [0.2, 0.25) is 0 Å². The molecule has 1 heterocycles. The first-order valence-electron chi connectivity index (χ1n) is 5.86. The van der Waals surface area contributed by atoms with Crippen LogP contribution in [0.2, 0.25) is 0 Å². The molecule has 0 fully saturated rings. The van der Waals surface area contributed by atoms with E-state index in [-0.39, 0.29) is 6.04 Å². The molecule has 0 radical (unpaired) electrons. The van der Waals surface area contributed by atoms with E-state index >= 15 is 0 Å². The summed E-state index contributed by atoms with van der Waals surface area (Å²) < 4.78 is 5.42. The molecule has 1 aromatic carbocycles. The monoisotopic (exact) mass is 231 g/mol. The highest BCUT2D eigenvalue weighted by Crippen LogP contribution is 2.12. The minimum Gasteiger partial charge on any atom is -0.379 e. The second-order valence-electron chi connectivity index (χ2n) is 3.96. The molecule has 4 heteroatoms. The molecule has 0 aliphatic carbocycles. The molecule has 0 saturated carbocycles. The second kappa shape index (κ2) is 5.70. The lowest BCUT2D eigenvalue weighted by molar-refractivity contribution is 0.120. The van der Waals surface area contributed by atoms with Gasteiger partial charge in [-0.2, -0.15) is 0 Å². The van der Waals surface area contributed by atoms with Crippen LogP contribution in [0.3, 0.4) is 0 Å². The minimum absolute atomic E-state index is 0.210. The predicted octanol–water partition coefficient (Wildman–Crippen LogP) is 2.06. The Morgan fingerprint density at radius 2 is 2.06 bits per heavy atom. The summed E-state index contributed by atoms with van der Waals surface area (Å²) in [5.74, 6) is 0. The Morgan fingerprint density at radius 1 is 1.29 bits per heavy atom. The maximum absolute atomic E-state index is 6.00. The smallest absolute Gasteiger partial charge is 0.0890 e. The third-order valence-electron chi connectivity index (χ3n) is 2.49. The van der Waals surface area contributed by atoms with Crippen molar-refractivity contribution in [3.63, 3.8) is 0 Å². The maximum atomic E-state index is 6.00. The summed E-state index contributed by atoms with van der Waals surface area (Å²) in [6.07, 6.45) is 2.72. The van der Waals surface area contributed by atoms with Crippen LogP contribution >= 0.6 is 0 Å². The lowest BCUT2D eigenvalue weighted by Crippen LogP contribution is -2.19. The van der Waals surface area contributed by atoms with Gasteiger partial charge in [-0.1, -0.05) is 19.1 Å². The third-order valence-corrected chi connectivity index (χ3v) is 2.49. The highest BCUT2D eigenvalue weighted by Gasteiger charge is 2.08. The number of hydrogen-bond acceptors (Lipinski definition) is 4. The Labute approximate surface area is 101 Å². The molecule has 1 aromatic heterocycles. The van der Waals surface area contributed by atoms with Gasteiger partial charge in [-0.25, -0.2) is 4.98 Å². The number of ether oxygens (including phenoxy) is 1. The quantitative estimate of drug-likeness (QED) is 0.800. The summed E-state index contributed by atoms with van der Waals surface area (Å²) in [6, 6.07) is 7.55. The van der Waals surface area contributed by atoms with Crippen molar-refractivity contribution < 1.29 is 4.74 Å². The van der Waals surface area contributed by atoms with Crippen molar-refractivity contribution in [2.45, 2.75) is 19.4 Å². The fraction of sp³-hybridized carbons (Fsp3) is 0.385. The van der Waals surface area contributed by atoms with E-state index < -0.39 is 0 Å². The molecule has 0 amide bonds. The van der Waals surface area contributed by atoms with Crippen LogP contribution in [0.15, 0.2) is 30.5 Å². The summed E-state index contributed by atoms with van der Waals surface area (Å²) in [6.45, 7) is 3.29. The van der Waals surface area contributed by atoms with E-state index in [9.17, 15) is 0 Å². The first kappa shape index (κ1) is 12.0. The van der Waals surface area contributed by atoms with Gasteiger partial charge in [0.05, 0.1) is 35.6 Å². The summed E-state index contributed by atoms with van der Waals surface area (Å²) in [5, 5.41) is 0. The van der Waals surface area contributed by atoms with E-state index in [1.165, 1.54) is 0 Å². The number of rotatable bonds is 5. The zero-order valence-corrected chi connectivity index (χ0v) is 9.97. The number of hydrogen-bond donors (Lipinski definition) is 1. The van der Waals surface area contributed by atoms with Crippen LogP contribution < -0.4 is 5.73 Å². The Morgan fingerprint density at radius 3 is 2.82 bits per heavy atom. The van der Waals surface area contributed by atoms with Crippen LogP contribution in [0.5, 0.6) is 0 Å². The molecule has 90 valence electrons. The molecule has 0 spiro atoms. The van der Waals surface area contributed by atoms with Crippen LogP contribution in [0.1, 0.15) is 25.1 Å². The van der Waals surface area contributed by atoms with E-state index in [1.807, 2.05) is 24.3 Å². The molecule has 0 aliphatic rings. The average Bonchev–Trinajstić information content (AvgIpc) is 2.38. The van der Waals surface area contributed by atoms with Crippen molar-refractivity contribution in [3.8, 4) is 0 Å². The number of para-hydroxylation sites is 2. The van der Waals surface area contributed by atoms with Gasteiger partial charge >= 0.3 is 0 Å². The molecule has 0 saturated heterocycles. The number of nitrogens with zero attached hydrogens (tertiary/aromatic N) is 2. The molecular weight excluding hydrogens is 214 g/mol. The van der Waals surface area contributed by atoms with Gasteiger partial charge in [-0.05, 0) is 18.6 Å². The zero-order valence-electron chi connectivity index (χ0n) is 9.97. The standard InChI is InChI=1S/C13H17N3O/c1-2-7-17-9-10(14)13-8-15-11-5-3-4-6-12(11)16-13/h3-6,8,10H,2,7,9,14H2,1H3. The summed E-state index contributed by atoms with van der Waals surface area (Å²) >= 11 is 0. The highest BCUT2D eigenvalue weighted by molar-refractivity contribution is 5.73. The molecule has 17 heavy (non-hydrogen) atoms. The molecule has 1 unspecified atom stereocenters. The number of benzene rings is 1. The molecule has 1 atom stereocenters. The van der Waals surface area contributed by atoms with Crippen molar-refractivity contribution in [1.29, 1.82) is 0 Å². The number of fused-ring (bicyclic) bond motifs is 1. The van der Waals surface area contributed by atoms with E-state index in [0.717, 1.165) is 29.8 Å². The van der Waals surface area contributed by atoms with Crippen LogP contribution in [0.4, 0.5) is 0 Å². The van der Waals surface area contributed by atoms with Crippen molar-refractivity contribution in [3.05, 3.63) is 36.2 Å². The van der Waals surface area contributed by atoms with E-state index in [0.29, 0.717) is 6.61 Å². The molecule has 0 aliphatic heterocycles. The van der Waals surface area contributed by atoms with E-state index in [1.54, 1.807) is 6.20 Å². The van der Waals surface area contributed by atoms with E-state index in [4.69, 9.17) is 10.5 Å². The predicted molar refractivity (Wildman–Crippen MR) is 67.6 cm³/mol. The van der Waals surface area contributed by atoms with Gasteiger partial charge in [0, 0.05) is 6.61 Å². The first-order chi connectivity index (χ1) is 8.31. The Bertz CT molecular complexity index is 487. The lowest BCUT2D eigenvalue weighted by Gasteiger charge is -2.11. The SMILES string of the molecule is CCCOCC(N)c1cnc2ccccc2n1. The number of aromatic nitrogens is 2. The Hall–Kier alpha value is -1.52. The largest absolute Gasteiger partial charge is 0.379 e. The van der Waals surface area contributed by atoms with Crippen molar-refractivity contribution >= 4 is 11.0 Å². The molecule has 0 bridgehead atoms. The van der Waals surface area contributed by atoms with Gasteiger partial charge in [0.15, 0.2) is 0 Å². The van der Waals surface area contributed by atoms with Gasteiger partial charge < -0.3 is 10.5 Å². The van der Waals surface area contributed by atoms with Crippen molar-refractivity contribution in [1.82, 2.24) is 9.97 Å². The summed E-state index contributed by atoms with van der Waals surface area (Å²) in [4.78, 5) is 8.82. The van der Waals surface area contributed by atoms with Gasteiger partial charge in [0.1, 0.15) is 0 Å². The van der Waals surface area contributed by atoms with Crippen LogP contribution in [-0.4, -0.2) is 23.2 Å². The van der Waals surface area contributed by atoms with Crippen LogP contribution in [0, 0.1) is 0 Å². The average molecular weight is 231 g/mol. The second-order valence-corrected chi connectivity index (χ2v) is 3.96. The molecule has 2 rings (SSSR count). The fourth-order valence-electron chi connectivity index (χ4n) is 1.59. The van der Waals surface area contributed by atoms with Crippen LogP contribution in [-0.2, 0) is 4.74 Å². The summed E-state index contributed by atoms with van der Waals surface area (Å²) in [5.41, 5.74) is 8.54. The highest BCUT2D eigenvalue weighted by atomic mass is 16.5. The number of nitrogens with two attached hydrogens (primary N) is 1. The first-order valence-corrected chi connectivity index (χ1v) is 5.86. The fourth-order valence-corrected chi connectivity index (χ4v) is 1.59. The maximum Gasteiger partial charge on any atom is 0.0890 e.